The molecule has 0 aromatic heterocycles. The molecule has 1 aromatic carbocycles. The van der Waals surface area contributed by atoms with Crippen LogP contribution in [0.15, 0.2) is 42.5 Å². The van der Waals surface area contributed by atoms with Gasteiger partial charge in [0.15, 0.2) is 0 Å². The molecule has 0 saturated heterocycles. The number of hydrogen-bond donors (Lipinski definition) is 1. The molecule has 0 atom stereocenters. The summed E-state index contributed by atoms with van der Waals surface area (Å²) in [5.41, 5.74) is -0.171. The lowest BCUT2D eigenvalue weighted by Gasteiger charge is -2.03. The van der Waals surface area contributed by atoms with E-state index in [1.165, 1.54) is 12.2 Å². The van der Waals surface area contributed by atoms with Crippen LogP contribution in [0.1, 0.15) is 6.92 Å². The Kier molecular flexibility index (Phi) is 4.39. The van der Waals surface area contributed by atoms with Crippen molar-refractivity contribution in [3.8, 4) is 0 Å². The number of halogens is 2. The van der Waals surface area contributed by atoms with Gasteiger partial charge in [0.2, 0.25) is 5.91 Å². The summed E-state index contributed by atoms with van der Waals surface area (Å²) in [6.07, 6.45) is 6.13. The molecule has 1 amide bonds. The van der Waals surface area contributed by atoms with Crippen molar-refractivity contribution in [2.24, 2.45) is 0 Å². The van der Waals surface area contributed by atoms with Crippen molar-refractivity contribution < 1.29 is 13.6 Å². The predicted octanol–water partition coefficient (Wildman–Crippen LogP) is 3.04. The van der Waals surface area contributed by atoms with Crippen LogP contribution in [0, 0.1) is 11.6 Å². The van der Waals surface area contributed by atoms with Crippen molar-refractivity contribution in [3.63, 3.8) is 0 Å². The van der Waals surface area contributed by atoms with Crippen LogP contribution in [0.4, 0.5) is 14.5 Å². The summed E-state index contributed by atoms with van der Waals surface area (Å²) in [6.45, 7) is 1.80. The first-order chi connectivity index (χ1) is 7.63. The molecule has 0 aliphatic rings. The van der Waals surface area contributed by atoms with Crippen LogP contribution in [-0.2, 0) is 4.79 Å². The molecule has 16 heavy (non-hydrogen) atoms. The third-order valence-electron chi connectivity index (χ3n) is 1.74. The van der Waals surface area contributed by atoms with E-state index in [0.717, 1.165) is 18.2 Å². The zero-order valence-electron chi connectivity index (χ0n) is 8.71. The van der Waals surface area contributed by atoms with Crippen molar-refractivity contribution in [1.82, 2.24) is 0 Å². The maximum absolute atomic E-state index is 13.1. The average Bonchev–Trinajstić information content (AvgIpc) is 2.24. The summed E-state index contributed by atoms with van der Waals surface area (Å²) in [5, 5.41) is 2.24. The second-order valence-electron chi connectivity index (χ2n) is 3.00. The Balaban J connectivity index is 2.73. The van der Waals surface area contributed by atoms with Gasteiger partial charge in [-0.25, -0.2) is 8.78 Å². The van der Waals surface area contributed by atoms with Gasteiger partial charge in [-0.3, -0.25) is 4.79 Å². The van der Waals surface area contributed by atoms with Gasteiger partial charge < -0.3 is 5.32 Å². The second-order valence-corrected chi connectivity index (χ2v) is 3.00. The van der Waals surface area contributed by atoms with Crippen molar-refractivity contribution in [2.45, 2.75) is 6.92 Å². The van der Waals surface area contributed by atoms with Gasteiger partial charge in [0.05, 0.1) is 5.69 Å². The Morgan fingerprint density at radius 1 is 1.31 bits per heavy atom. The Morgan fingerprint density at radius 2 is 2.06 bits per heavy atom. The second kappa shape index (κ2) is 5.80. The fourth-order valence-corrected chi connectivity index (χ4v) is 1.02. The molecule has 2 nitrogen and oxygen atoms in total. The molecule has 0 heterocycles. The smallest absolute Gasteiger partial charge is 0.248 e. The van der Waals surface area contributed by atoms with E-state index in [9.17, 15) is 13.6 Å². The largest absolute Gasteiger partial charge is 0.320 e. The van der Waals surface area contributed by atoms with Gasteiger partial charge in [0.25, 0.3) is 0 Å². The molecule has 0 saturated carbocycles. The standard InChI is InChI=1S/C12H11F2NO/c1-2-3-4-5-12(16)15-11-8-9(13)6-7-10(11)14/h2-8H,1H3,(H,15,16)/b3-2+,5-4+. The maximum Gasteiger partial charge on any atom is 0.248 e. The highest BCUT2D eigenvalue weighted by atomic mass is 19.1. The molecular weight excluding hydrogens is 212 g/mol. The predicted molar refractivity (Wildman–Crippen MR) is 58.9 cm³/mol. The number of allylic oxidation sites excluding steroid dienone is 3. The molecule has 0 aliphatic carbocycles. The first-order valence-electron chi connectivity index (χ1n) is 4.69. The molecule has 0 spiro atoms. The topological polar surface area (TPSA) is 29.1 Å². The van der Waals surface area contributed by atoms with Crippen LogP contribution in [0.2, 0.25) is 0 Å². The Labute approximate surface area is 92.3 Å². The molecule has 0 fully saturated rings. The number of carbonyl (C=O) groups is 1. The van der Waals surface area contributed by atoms with E-state index in [2.05, 4.69) is 5.32 Å². The molecule has 0 aliphatic heterocycles. The first kappa shape index (κ1) is 12.1. The van der Waals surface area contributed by atoms with Crippen molar-refractivity contribution >= 4 is 11.6 Å². The minimum absolute atomic E-state index is 0.171. The van der Waals surface area contributed by atoms with E-state index in [4.69, 9.17) is 0 Å². The van der Waals surface area contributed by atoms with Gasteiger partial charge in [0, 0.05) is 12.1 Å². The fraction of sp³-hybridized carbons (Fsp3) is 0.0833. The zero-order chi connectivity index (χ0) is 12.0. The van der Waals surface area contributed by atoms with Crippen LogP contribution in [-0.4, -0.2) is 5.91 Å². The summed E-state index contributed by atoms with van der Waals surface area (Å²) in [4.78, 5) is 11.2. The first-order valence-corrected chi connectivity index (χ1v) is 4.69. The highest BCUT2D eigenvalue weighted by molar-refractivity contribution is 5.99. The van der Waals surface area contributed by atoms with E-state index in [1.807, 2.05) is 0 Å². The molecule has 1 rings (SSSR count). The average molecular weight is 223 g/mol. The van der Waals surface area contributed by atoms with Crippen molar-refractivity contribution in [1.29, 1.82) is 0 Å². The third-order valence-corrected chi connectivity index (χ3v) is 1.74. The number of amides is 1. The summed E-state index contributed by atoms with van der Waals surface area (Å²) in [5.74, 6) is -1.79. The summed E-state index contributed by atoms with van der Waals surface area (Å²) < 4.78 is 25.9. The Bertz CT molecular complexity index is 439. The van der Waals surface area contributed by atoms with Crippen molar-refractivity contribution in [3.05, 3.63) is 54.1 Å². The monoisotopic (exact) mass is 223 g/mol. The fourth-order valence-electron chi connectivity index (χ4n) is 1.02. The van der Waals surface area contributed by atoms with E-state index in [1.54, 1.807) is 19.1 Å². The van der Waals surface area contributed by atoms with Crippen LogP contribution in [0.25, 0.3) is 0 Å². The van der Waals surface area contributed by atoms with Gasteiger partial charge >= 0.3 is 0 Å². The summed E-state index contributed by atoms with van der Waals surface area (Å²) in [7, 11) is 0. The van der Waals surface area contributed by atoms with Gasteiger partial charge in [-0.2, -0.15) is 0 Å². The summed E-state index contributed by atoms with van der Waals surface area (Å²) >= 11 is 0. The highest BCUT2D eigenvalue weighted by Crippen LogP contribution is 2.14. The number of benzene rings is 1. The van der Waals surface area contributed by atoms with Gasteiger partial charge in [-0.1, -0.05) is 18.2 Å². The van der Waals surface area contributed by atoms with Gasteiger partial charge in [-0.15, -0.1) is 0 Å². The van der Waals surface area contributed by atoms with E-state index < -0.39 is 17.5 Å². The number of carbonyl (C=O) groups excluding carboxylic acids is 1. The van der Waals surface area contributed by atoms with E-state index in [-0.39, 0.29) is 5.69 Å². The third kappa shape index (κ3) is 3.65. The molecule has 0 unspecified atom stereocenters. The number of rotatable bonds is 3. The van der Waals surface area contributed by atoms with Gasteiger partial charge in [-0.05, 0) is 19.1 Å². The lowest BCUT2D eigenvalue weighted by atomic mass is 10.3. The lowest BCUT2D eigenvalue weighted by molar-refractivity contribution is -0.111. The molecule has 0 bridgehead atoms. The van der Waals surface area contributed by atoms with Crippen LogP contribution in [0.3, 0.4) is 0 Å². The van der Waals surface area contributed by atoms with E-state index in [0.29, 0.717) is 0 Å². The number of nitrogens with one attached hydrogen (secondary N) is 1. The normalized spacial score (nSPS) is 11.2. The number of anilines is 1. The SMILES string of the molecule is C/C=C/C=C/C(=O)Nc1cc(F)ccc1F. The molecule has 0 radical (unpaired) electrons. The van der Waals surface area contributed by atoms with Crippen LogP contribution < -0.4 is 5.32 Å². The molecular formula is C12H11F2NO. The van der Waals surface area contributed by atoms with Crippen LogP contribution in [0.5, 0.6) is 0 Å². The quantitative estimate of drug-likeness (QED) is 0.619. The maximum atomic E-state index is 13.1. The highest BCUT2D eigenvalue weighted by Gasteiger charge is 2.05. The minimum atomic E-state index is -0.672. The van der Waals surface area contributed by atoms with Crippen LogP contribution >= 0.6 is 0 Å². The molecule has 4 heteroatoms. The zero-order valence-corrected chi connectivity index (χ0v) is 8.71. The lowest BCUT2D eigenvalue weighted by Crippen LogP contribution is -2.09. The van der Waals surface area contributed by atoms with E-state index >= 15 is 0 Å². The Morgan fingerprint density at radius 3 is 2.75 bits per heavy atom. The molecule has 84 valence electrons. The van der Waals surface area contributed by atoms with Gasteiger partial charge in [0.1, 0.15) is 11.6 Å². The van der Waals surface area contributed by atoms with Crippen molar-refractivity contribution in [2.75, 3.05) is 5.32 Å². The molecule has 1 N–H and O–H groups in total. The minimum Gasteiger partial charge on any atom is -0.320 e. The number of hydrogen-bond acceptors (Lipinski definition) is 1. The molecule has 1 aromatic rings. The summed E-state index contributed by atoms with van der Waals surface area (Å²) in [6, 6.07) is 2.87. The Hall–Kier alpha value is -1.97.